The molecule has 23 heavy (non-hydrogen) atoms. The Morgan fingerprint density at radius 3 is 2.96 bits per heavy atom. The first kappa shape index (κ1) is 16.1. The van der Waals surface area contributed by atoms with E-state index in [0.29, 0.717) is 5.89 Å². The number of aromatic nitrogens is 2. The van der Waals surface area contributed by atoms with Crippen LogP contribution in [-0.4, -0.2) is 16.2 Å². The maximum atomic E-state index is 11.8. The van der Waals surface area contributed by atoms with E-state index in [9.17, 15) is 4.79 Å². The Morgan fingerprint density at radius 2 is 2.26 bits per heavy atom. The van der Waals surface area contributed by atoms with E-state index in [1.807, 2.05) is 29.6 Å². The summed E-state index contributed by atoms with van der Waals surface area (Å²) in [5.74, 6) is 0.240. The molecule has 5 nitrogen and oxygen atoms in total. The smallest absolute Gasteiger partial charge is 0.331 e. The van der Waals surface area contributed by atoms with Crippen LogP contribution in [0, 0.1) is 0 Å². The van der Waals surface area contributed by atoms with Crippen molar-refractivity contribution < 1.29 is 13.9 Å². The fourth-order valence-electron chi connectivity index (χ4n) is 1.73. The molecule has 0 radical (unpaired) electrons. The van der Waals surface area contributed by atoms with Crippen LogP contribution in [0.1, 0.15) is 23.8 Å². The molecule has 0 saturated heterocycles. The van der Waals surface area contributed by atoms with E-state index in [4.69, 9.17) is 9.15 Å². The van der Waals surface area contributed by atoms with Gasteiger partial charge in [-0.3, -0.25) is 0 Å². The average molecular weight is 411 g/mol. The first-order chi connectivity index (χ1) is 11.1. The van der Waals surface area contributed by atoms with Gasteiger partial charge >= 0.3 is 5.97 Å². The first-order valence-electron chi connectivity index (χ1n) is 6.63. The minimum Gasteiger partial charge on any atom is -0.449 e. The fourth-order valence-corrected chi connectivity index (χ4v) is 3.70. The quantitative estimate of drug-likeness (QED) is 0.440. The Labute approximate surface area is 148 Å². The lowest BCUT2D eigenvalue weighted by Crippen LogP contribution is -2.06. The van der Waals surface area contributed by atoms with Gasteiger partial charge in [-0.2, -0.15) is 0 Å². The zero-order valence-electron chi connectivity index (χ0n) is 11.9. The Morgan fingerprint density at radius 1 is 1.39 bits per heavy atom. The van der Waals surface area contributed by atoms with E-state index < -0.39 is 12.1 Å². The van der Waals surface area contributed by atoms with E-state index in [0.717, 1.165) is 13.5 Å². The first-order valence-corrected chi connectivity index (χ1v) is 9.12. The van der Waals surface area contributed by atoms with Gasteiger partial charge in [0.2, 0.25) is 0 Å². The largest absolute Gasteiger partial charge is 0.449 e. The summed E-state index contributed by atoms with van der Waals surface area (Å²) in [6, 6.07) is 7.62. The van der Waals surface area contributed by atoms with Crippen molar-refractivity contribution in [3.63, 3.8) is 0 Å². The van der Waals surface area contributed by atoms with Gasteiger partial charge in [0.05, 0.1) is 8.66 Å². The SMILES string of the molecule is CC(OC(=O)/C=C/c1ccc(Br)s1)c1nnc(-c2cccs2)o1. The standard InChI is InChI=1S/C15H11BrN2O3S2/c1-9(14-17-18-15(21-14)11-3-2-8-22-11)20-13(19)7-5-10-4-6-12(16)23-10/h2-9H,1H3/b7-5+. The molecule has 0 N–H and O–H groups in total. The molecule has 3 aromatic rings. The predicted octanol–water partition coefficient (Wildman–Crippen LogP) is 4.94. The number of thiophene rings is 2. The molecule has 0 amide bonds. The van der Waals surface area contributed by atoms with Crippen LogP contribution >= 0.6 is 38.6 Å². The molecule has 3 rings (SSSR count). The molecule has 0 spiro atoms. The Bertz CT molecular complexity index is 824. The van der Waals surface area contributed by atoms with E-state index >= 15 is 0 Å². The lowest BCUT2D eigenvalue weighted by atomic mass is 10.4. The highest BCUT2D eigenvalue weighted by Gasteiger charge is 2.18. The van der Waals surface area contributed by atoms with Crippen LogP contribution < -0.4 is 0 Å². The molecule has 1 atom stereocenters. The van der Waals surface area contributed by atoms with Crippen molar-refractivity contribution in [3.8, 4) is 10.8 Å². The number of halogens is 1. The Balaban J connectivity index is 1.61. The number of ether oxygens (including phenoxy) is 1. The minimum atomic E-state index is -0.608. The molecule has 0 bridgehead atoms. The molecule has 3 heterocycles. The molecule has 0 aliphatic rings. The minimum absolute atomic E-state index is 0.272. The van der Waals surface area contributed by atoms with Gasteiger partial charge in [0, 0.05) is 11.0 Å². The van der Waals surface area contributed by atoms with Crippen molar-refractivity contribution in [3.05, 3.63) is 50.3 Å². The van der Waals surface area contributed by atoms with E-state index in [-0.39, 0.29) is 5.89 Å². The van der Waals surface area contributed by atoms with Gasteiger partial charge in [-0.05, 0) is 52.5 Å². The predicted molar refractivity (Wildman–Crippen MR) is 93.2 cm³/mol. The van der Waals surface area contributed by atoms with Crippen LogP contribution in [0.25, 0.3) is 16.8 Å². The van der Waals surface area contributed by atoms with Crippen molar-refractivity contribution >= 4 is 50.6 Å². The third-order valence-electron chi connectivity index (χ3n) is 2.79. The molecular formula is C15H11BrN2O3S2. The van der Waals surface area contributed by atoms with Gasteiger partial charge in [0.15, 0.2) is 6.10 Å². The van der Waals surface area contributed by atoms with Crippen LogP contribution in [0.15, 0.2) is 43.9 Å². The summed E-state index contributed by atoms with van der Waals surface area (Å²) in [4.78, 5) is 13.7. The van der Waals surface area contributed by atoms with Crippen molar-refractivity contribution in [2.75, 3.05) is 0 Å². The summed E-state index contributed by atoms with van der Waals surface area (Å²) in [6.07, 6.45) is 2.48. The van der Waals surface area contributed by atoms with Crippen LogP contribution in [0.5, 0.6) is 0 Å². The second-order valence-corrected chi connectivity index (χ2v) is 7.92. The second-order valence-electron chi connectivity index (χ2n) is 4.48. The van der Waals surface area contributed by atoms with Crippen LogP contribution in [-0.2, 0) is 9.53 Å². The molecule has 0 aliphatic heterocycles. The lowest BCUT2D eigenvalue weighted by Gasteiger charge is -2.06. The van der Waals surface area contributed by atoms with Crippen molar-refractivity contribution in [1.29, 1.82) is 0 Å². The highest BCUT2D eigenvalue weighted by Crippen LogP contribution is 2.26. The number of hydrogen-bond acceptors (Lipinski definition) is 7. The van der Waals surface area contributed by atoms with Crippen molar-refractivity contribution in [2.45, 2.75) is 13.0 Å². The fraction of sp³-hybridized carbons (Fsp3) is 0.133. The normalized spacial score (nSPS) is 12.6. The van der Waals surface area contributed by atoms with Gasteiger partial charge in [0.1, 0.15) is 0 Å². The van der Waals surface area contributed by atoms with Gasteiger partial charge in [-0.1, -0.05) is 6.07 Å². The molecule has 0 aromatic carbocycles. The molecule has 0 saturated carbocycles. The van der Waals surface area contributed by atoms with Gasteiger partial charge in [0.25, 0.3) is 11.8 Å². The Kier molecular flexibility index (Phi) is 5.04. The van der Waals surface area contributed by atoms with Crippen LogP contribution in [0.2, 0.25) is 0 Å². The second kappa shape index (κ2) is 7.20. The lowest BCUT2D eigenvalue weighted by molar-refractivity contribution is -0.143. The van der Waals surface area contributed by atoms with Crippen molar-refractivity contribution in [1.82, 2.24) is 10.2 Å². The summed E-state index contributed by atoms with van der Waals surface area (Å²) >= 11 is 6.40. The molecule has 8 heteroatoms. The zero-order valence-corrected chi connectivity index (χ0v) is 15.2. The highest BCUT2D eigenvalue weighted by atomic mass is 79.9. The number of carbonyl (C=O) groups is 1. The highest BCUT2D eigenvalue weighted by molar-refractivity contribution is 9.11. The van der Waals surface area contributed by atoms with E-state index in [1.54, 1.807) is 13.0 Å². The molecular weight excluding hydrogens is 400 g/mol. The summed E-state index contributed by atoms with van der Waals surface area (Å²) < 4.78 is 11.8. The maximum Gasteiger partial charge on any atom is 0.331 e. The molecule has 3 aromatic heterocycles. The van der Waals surface area contributed by atoms with Crippen LogP contribution in [0.4, 0.5) is 0 Å². The zero-order chi connectivity index (χ0) is 16.2. The third-order valence-corrected chi connectivity index (χ3v) is 5.24. The third kappa shape index (κ3) is 4.15. The van der Waals surface area contributed by atoms with Gasteiger partial charge < -0.3 is 9.15 Å². The topological polar surface area (TPSA) is 65.2 Å². The van der Waals surface area contributed by atoms with E-state index in [1.165, 1.54) is 28.7 Å². The summed E-state index contributed by atoms with van der Waals surface area (Å²) in [6.45, 7) is 1.69. The molecule has 0 fully saturated rings. The Hall–Kier alpha value is -1.77. The number of nitrogens with zero attached hydrogens (tertiary/aromatic N) is 2. The number of hydrogen-bond donors (Lipinski definition) is 0. The average Bonchev–Trinajstić information content (AvgIpc) is 3.26. The summed E-state index contributed by atoms with van der Waals surface area (Å²) in [5, 5.41) is 9.82. The number of esters is 1. The summed E-state index contributed by atoms with van der Waals surface area (Å²) in [7, 11) is 0. The van der Waals surface area contributed by atoms with Gasteiger partial charge in [-0.25, -0.2) is 4.79 Å². The van der Waals surface area contributed by atoms with Crippen molar-refractivity contribution in [2.24, 2.45) is 0 Å². The molecule has 0 aliphatic carbocycles. The summed E-state index contributed by atoms with van der Waals surface area (Å²) in [5.41, 5.74) is 0. The maximum absolute atomic E-state index is 11.8. The van der Waals surface area contributed by atoms with Crippen LogP contribution in [0.3, 0.4) is 0 Å². The number of carbonyl (C=O) groups excluding carboxylic acids is 1. The van der Waals surface area contributed by atoms with Gasteiger partial charge in [-0.15, -0.1) is 32.9 Å². The molecule has 118 valence electrons. The number of rotatable bonds is 5. The molecule has 1 unspecified atom stereocenters. The monoisotopic (exact) mass is 410 g/mol. The van der Waals surface area contributed by atoms with E-state index in [2.05, 4.69) is 26.1 Å².